The van der Waals surface area contributed by atoms with Crippen LogP contribution < -0.4 is 20.8 Å². The molecule has 0 aliphatic carbocycles. The van der Waals surface area contributed by atoms with Gasteiger partial charge in [0.15, 0.2) is 6.61 Å². The highest BCUT2D eigenvalue weighted by molar-refractivity contribution is 6.35. The average molecular weight is 455 g/mol. The van der Waals surface area contributed by atoms with E-state index in [1.807, 2.05) is 0 Å². The van der Waals surface area contributed by atoms with Crippen LogP contribution in [0.3, 0.4) is 0 Å². The van der Waals surface area contributed by atoms with E-state index in [0.29, 0.717) is 27.8 Å². The van der Waals surface area contributed by atoms with Crippen LogP contribution in [0.1, 0.15) is 11.3 Å². The lowest BCUT2D eigenvalue weighted by Crippen LogP contribution is -2.37. The molecule has 0 unspecified atom stereocenters. The zero-order valence-corrected chi connectivity index (χ0v) is 17.5. The van der Waals surface area contributed by atoms with Gasteiger partial charge in [0.05, 0.1) is 19.0 Å². The predicted octanol–water partition coefficient (Wildman–Crippen LogP) is 2.72. The van der Waals surface area contributed by atoms with E-state index in [4.69, 9.17) is 20.8 Å². The van der Waals surface area contributed by atoms with Crippen LogP contribution in [0.5, 0.6) is 5.75 Å². The molecule has 0 aliphatic rings. The molecule has 0 saturated carbocycles. The first kappa shape index (κ1) is 22.6. The van der Waals surface area contributed by atoms with Crippen LogP contribution >= 0.6 is 11.6 Å². The molecule has 32 heavy (non-hydrogen) atoms. The van der Waals surface area contributed by atoms with Crippen LogP contribution in [0.25, 0.3) is 0 Å². The Morgan fingerprint density at radius 2 is 1.78 bits per heavy atom. The van der Waals surface area contributed by atoms with Gasteiger partial charge in [-0.25, -0.2) is 5.43 Å². The van der Waals surface area contributed by atoms with E-state index in [2.05, 4.69) is 21.2 Å². The molecule has 10 heteroatoms. The van der Waals surface area contributed by atoms with Gasteiger partial charge >= 0.3 is 11.8 Å². The summed E-state index contributed by atoms with van der Waals surface area (Å²) >= 11 is 5.82. The zero-order chi connectivity index (χ0) is 22.8. The topological polar surface area (TPSA) is 122 Å². The minimum Gasteiger partial charge on any atom is -0.483 e. The van der Waals surface area contributed by atoms with E-state index in [0.717, 1.165) is 0 Å². The predicted molar refractivity (Wildman–Crippen MR) is 118 cm³/mol. The first-order chi connectivity index (χ1) is 15.5. The Balaban J connectivity index is 1.48. The summed E-state index contributed by atoms with van der Waals surface area (Å²) in [7, 11) is 0. The Bertz CT molecular complexity index is 1100. The summed E-state index contributed by atoms with van der Waals surface area (Å²) in [5.41, 5.74) is 3.22. The van der Waals surface area contributed by atoms with Crippen molar-refractivity contribution in [1.29, 1.82) is 0 Å². The Kier molecular flexibility index (Phi) is 7.99. The molecule has 1 heterocycles. The number of amides is 3. The number of ether oxygens (including phenoxy) is 1. The summed E-state index contributed by atoms with van der Waals surface area (Å²) in [5, 5.41) is 9.43. The van der Waals surface area contributed by atoms with E-state index < -0.39 is 11.8 Å². The maximum absolute atomic E-state index is 12.1. The van der Waals surface area contributed by atoms with Gasteiger partial charge in [0, 0.05) is 16.3 Å². The smallest absolute Gasteiger partial charge is 0.329 e. The quantitative estimate of drug-likeness (QED) is 0.274. The molecule has 3 aromatic rings. The highest BCUT2D eigenvalue weighted by atomic mass is 35.5. The number of furan rings is 1. The van der Waals surface area contributed by atoms with Gasteiger partial charge in [-0.1, -0.05) is 23.7 Å². The Hall–Kier alpha value is -4.11. The number of hydrogen-bond donors (Lipinski definition) is 3. The standard InChI is InChI=1S/C22H19ClN4O5/c23-16-7-9-17(10-8-16)26-20(28)14-32-19-6-2-1-4-15(19)12-25-27-22(30)21(29)24-13-18-5-3-11-31-18/h1-12H,13-14H2,(H,24,29)(H,26,28)(H,27,30)/b25-12-. The van der Waals surface area contributed by atoms with Gasteiger partial charge in [-0.3, -0.25) is 14.4 Å². The van der Waals surface area contributed by atoms with Crippen molar-refractivity contribution in [3.63, 3.8) is 0 Å². The number of nitrogens with one attached hydrogen (secondary N) is 3. The number of benzene rings is 2. The van der Waals surface area contributed by atoms with Crippen LogP contribution in [-0.2, 0) is 20.9 Å². The van der Waals surface area contributed by atoms with E-state index in [1.165, 1.54) is 12.5 Å². The van der Waals surface area contributed by atoms with Crippen molar-refractivity contribution in [2.45, 2.75) is 6.54 Å². The summed E-state index contributed by atoms with van der Waals surface area (Å²) in [5.74, 6) is -1.27. The first-order valence-electron chi connectivity index (χ1n) is 9.42. The monoisotopic (exact) mass is 454 g/mol. The van der Waals surface area contributed by atoms with Crippen molar-refractivity contribution >= 4 is 41.2 Å². The first-order valence-corrected chi connectivity index (χ1v) is 9.80. The fourth-order valence-electron chi connectivity index (χ4n) is 2.46. The SMILES string of the molecule is O=C(COc1ccccc1/C=N\NC(=O)C(=O)NCc1ccco1)Nc1ccc(Cl)cc1. The van der Waals surface area contributed by atoms with Crippen LogP contribution in [0.15, 0.2) is 76.4 Å². The number of rotatable bonds is 8. The number of carbonyl (C=O) groups excluding carboxylic acids is 3. The minimum atomic E-state index is -0.937. The average Bonchev–Trinajstić information content (AvgIpc) is 3.32. The minimum absolute atomic E-state index is 0.0811. The second-order valence-electron chi connectivity index (χ2n) is 6.34. The van der Waals surface area contributed by atoms with Crippen LogP contribution in [0.4, 0.5) is 5.69 Å². The lowest BCUT2D eigenvalue weighted by Gasteiger charge is -2.09. The van der Waals surface area contributed by atoms with Gasteiger partial charge in [-0.05, 0) is 48.5 Å². The Morgan fingerprint density at radius 3 is 2.53 bits per heavy atom. The fraction of sp³-hybridized carbons (Fsp3) is 0.0909. The largest absolute Gasteiger partial charge is 0.483 e. The number of hydrogen-bond acceptors (Lipinski definition) is 6. The van der Waals surface area contributed by atoms with Gasteiger partial charge < -0.3 is 19.8 Å². The Morgan fingerprint density at radius 1 is 1.00 bits per heavy atom. The summed E-state index contributed by atoms with van der Waals surface area (Å²) in [6, 6.07) is 16.8. The molecule has 3 rings (SSSR count). The molecule has 0 radical (unpaired) electrons. The van der Waals surface area contributed by atoms with Gasteiger partial charge in [-0.2, -0.15) is 5.10 Å². The Labute approximate surface area is 188 Å². The molecule has 2 aromatic carbocycles. The third-order valence-corrected chi connectivity index (χ3v) is 4.24. The second-order valence-corrected chi connectivity index (χ2v) is 6.78. The normalized spacial score (nSPS) is 10.5. The molecule has 3 N–H and O–H groups in total. The highest BCUT2D eigenvalue weighted by Crippen LogP contribution is 2.16. The second kappa shape index (κ2) is 11.3. The van der Waals surface area contributed by atoms with Crippen LogP contribution in [0.2, 0.25) is 5.02 Å². The van der Waals surface area contributed by atoms with Crippen molar-refractivity contribution in [2.75, 3.05) is 11.9 Å². The fourth-order valence-corrected chi connectivity index (χ4v) is 2.59. The molecule has 3 amide bonds. The maximum Gasteiger partial charge on any atom is 0.329 e. The zero-order valence-electron chi connectivity index (χ0n) is 16.7. The third kappa shape index (κ3) is 6.99. The summed E-state index contributed by atoms with van der Waals surface area (Å²) < 4.78 is 10.6. The van der Waals surface area contributed by atoms with E-state index in [1.54, 1.807) is 60.7 Å². The number of nitrogens with zero attached hydrogens (tertiary/aromatic N) is 1. The van der Waals surface area contributed by atoms with Crippen molar-refractivity contribution in [1.82, 2.24) is 10.7 Å². The van der Waals surface area contributed by atoms with Crippen molar-refractivity contribution in [3.05, 3.63) is 83.3 Å². The molecule has 0 aliphatic heterocycles. The molecular weight excluding hydrogens is 436 g/mol. The lowest BCUT2D eigenvalue weighted by atomic mass is 10.2. The molecule has 0 saturated heterocycles. The molecular formula is C22H19ClN4O5. The van der Waals surface area contributed by atoms with E-state index in [-0.39, 0.29) is 19.1 Å². The van der Waals surface area contributed by atoms with Crippen molar-refractivity contribution < 1.29 is 23.5 Å². The number of hydrazone groups is 1. The van der Waals surface area contributed by atoms with E-state index in [9.17, 15) is 14.4 Å². The van der Waals surface area contributed by atoms with Gasteiger partial charge in [0.1, 0.15) is 11.5 Å². The van der Waals surface area contributed by atoms with Crippen molar-refractivity contribution in [3.8, 4) is 5.75 Å². The summed E-state index contributed by atoms with van der Waals surface area (Å²) in [6.07, 6.45) is 2.77. The van der Waals surface area contributed by atoms with Gasteiger partial charge in [-0.15, -0.1) is 0 Å². The molecule has 9 nitrogen and oxygen atoms in total. The molecule has 0 fully saturated rings. The van der Waals surface area contributed by atoms with Crippen LogP contribution in [0, 0.1) is 0 Å². The van der Waals surface area contributed by atoms with Gasteiger partial charge in [0.25, 0.3) is 5.91 Å². The number of anilines is 1. The molecule has 0 bridgehead atoms. The van der Waals surface area contributed by atoms with Gasteiger partial charge in [0.2, 0.25) is 0 Å². The molecule has 1 aromatic heterocycles. The summed E-state index contributed by atoms with van der Waals surface area (Å²) in [4.78, 5) is 35.7. The third-order valence-electron chi connectivity index (χ3n) is 3.98. The number of halogens is 1. The lowest BCUT2D eigenvalue weighted by molar-refractivity contribution is -0.139. The van der Waals surface area contributed by atoms with E-state index >= 15 is 0 Å². The van der Waals surface area contributed by atoms with Crippen molar-refractivity contribution in [2.24, 2.45) is 5.10 Å². The van der Waals surface area contributed by atoms with Crippen LogP contribution in [-0.4, -0.2) is 30.5 Å². The highest BCUT2D eigenvalue weighted by Gasteiger charge is 2.13. The number of para-hydroxylation sites is 1. The molecule has 0 spiro atoms. The number of carbonyl (C=O) groups is 3. The molecule has 164 valence electrons. The molecule has 0 atom stereocenters. The maximum atomic E-state index is 12.1. The summed E-state index contributed by atoms with van der Waals surface area (Å²) in [6.45, 7) is -0.160.